The predicted molar refractivity (Wildman–Crippen MR) is 181 cm³/mol. The molecule has 9 nitrogen and oxygen atoms in total. The normalized spacial score (nSPS) is 13.0. The number of carbonyl (C=O) groups is 2. The molecule has 1 N–H and O–H groups in total. The average molecular weight is 652 g/mol. The molecule has 0 aliphatic rings. The molecule has 0 saturated carbocycles. The zero-order valence-electron chi connectivity index (χ0n) is 26.9. The van der Waals surface area contributed by atoms with Gasteiger partial charge in [-0.15, -0.1) is 0 Å². The van der Waals surface area contributed by atoms with Gasteiger partial charge in [-0.1, -0.05) is 54.1 Å². The lowest BCUT2D eigenvalue weighted by atomic mass is 9.89. The maximum atomic E-state index is 14.2. The molecular formula is C37H37N3O6S. The molecule has 1 heterocycles. The van der Waals surface area contributed by atoms with E-state index in [1.165, 1.54) is 7.11 Å². The Bertz CT molecular complexity index is 1850. The Labute approximate surface area is 277 Å². The number of carbonyl (C=O) groups excluding carboxylic acids is 2. The highest BCUT2D eigenvalue weighted by atomic mass is 32.2. The first-order chi connectivity index (χ1) is 22.6. The third-order valence-corrected chi connectivity index (χ3v) is 8.68. The van der Waals surface area contributed by atoms with Crippen molar-refractivity contribution >= 4 is 23.2 Å². The Hall–Kier alpha value is -5.06. The van der Waals surface area contributed by atoms with E-state index < -0.39 is 35.4 Å². The molecule has 3 unspecified atom stereocenters. The van der Waals surface area contributed by atoms with Gasteiger partial charge in [-0.3, -0.25) is 4.79 Å². The van der Waals surface area contributed by atoms with E-state index in [2.05, 4.69) is 9.71 Å². The van der Waals surface area contributed by atoms with Gasteiger partial charge < -0.3 is 18.2 Å². The fourth-order valence-electron chi connectivity index (χ4n) is 5.43. The summed E-state index contributed by atoms with van der Waals surface area (Å²) in [6.07, 6.45) is 4.54. The third kappa shape index (κ3) is 8.21. The van der Waals surface area contributed by atoms with Crippen molar-refractivity contribution in [1.82, 2.24) is 14.3 Å². The molecule has 4 aromatic carbocycles. The zero-order chi connectivity index (χ0) is 33.5. The Morgan fingerprint density at radius 1 is 0.894 bits per heavy atom. The maximum absolute atomic E-state index is 14.2. The van der Waals surface area contributed by atoms with Crippen LogP contribution in [0.4, 0.5) is 0 Å². The predicted octanol–water partition coefficient (Wildman–Crippen LogP) is 6.38. The molecule has 47 heavy (non-hydrogen) atoms. The maximum Gasteiger partial charge on any atom is 0.337 e. The van der Waals surface area contributed by atoms with E-state index in [4.69, 9.17) is 13.7 Å². The highest BCUT2D eigenvalue weighted by Crippen LogP contribution is 2.35. The van der Waals surface area contributed by atoms with Crippen LogP contribution in [0.5, 0.6) is 5.75 Å². The minimum Gasteiger partial charge on any atom is -0.465 e. The van der Waals surface area contributed by atoms with E-state index in [1.807, 2.05) is 99.1 Å². The first kappa shape index (κ1) is 33.3. The standard InChI is InChI=1S/C37H37N3O6S/c1-24-11-15-31(16-12-24)46-47(43)39-33(21-28-9-7-6-8-10-28)37(42)45-35(34-26(3)19-29(20-27(34)4)36(41)44-5)32-22-30(14-13-25(32)2)40-18-17-38-23-40/h6-20,22-23,33,35,39H,21H2,1-5H3. The van der Waals surface area contributed by atoms with Crippen molar-refractivity contribution in [2.24, 2.45) is 0 Å². The number of methoxy groups -OCH3 is 1. The lowest BCUT2D eigenvalue weighted by Gasteiger charge is -2.27. The summed E-state index contributed by atoms with van der Waals surface area (Å²) < 4.78 is 34.9. The number of esters is 2. The lowest BCUT2D eigenvalue weighted by molar-refractivity contribution is -0.149. The second-order valence-corrected chi connectivity index (χ2v) is 12.2. The van der Waals surface area contributed by atoms with Crippen LogP contribution in [0.3, 0.4) is 0 Å². The number of nitrogens with one attached hydrogen (secondary N) is 1. The van der Waals surface area contributed by atoms with Crippen molar-refractivity contribution in [3.63, 3.8) is 0 Å². The van der Waals surface area contributed by atoms with E-state index in [0.29, 0.717) is 11.3 Å². The monoisotopic (exact) mass is 651 g/mol. The number of nitrogens with zero attached hydrogens (tertiary/aromatic N) is 2. The van der Waals surface area contributed by atoms with Gasteiger partial charge in [0.1, 0.15) is 11.8 Å². The molecule has 5 rings (SSSR count). The second kappa shape index (κ2) is 15.0. The van der Waals surface area contributed by atoms with E-state index in [0.717, 1.165) is 44.6 Å². The summed E-state index contributed by atoms with van der Waals surface area (Å²) in [5.74, 6) is -0.684. The molecule has 0 amide bonds. The summed E-state index contributed by atoms with van der Waals surface area (Å²) in [5, 5.41) is 0. The van der Waals surface area contributed by atoms with Crippen molar-refractivity contribution in [3.8, 4) is 11.4 Å². The highest BCUT2D eigenvalue weighted by molar-refractivity contribution is 7.78. The quantitative estimate of drug-likeness (QED) is 0.156. The highest BCUT2D eigenvalue weighted by Gasteiger charge is 2.31. The number of ether oxygens (including phenoxy) is 2. The van der Waals surface area contributed by atoms with Crippen molar-refractivity contribution in [2.75, 3.05) is 7.11 Å². The number of aromatic nitrogens is 2. The number of hydrogen-bond acceptors (Lipinski definition) is 7. The van der Waals surface area contributed by atoms with Crippen LogP contribution in [0.15, 0.2) is 104 Å². The summed E-state index contributed by atoms with van der Waals surface area (Å²) >= 11 is -2.06. The van der Waals surface area contributed by atoms with Gasteiger partial charge in [0.2, 0.25) is 0 Å². The topological polar surface area (TPSA) is 109 Å². The van der Waals surface area contributed by atoms with Crippen LogP contribution in [0, 0.1) is 27.7 Å². The third-order valence-electron chi connectivity index (χ3n) is 7.86. The van der Waals surface area contributed by atoms with Gasteiger partial charge in [-0.25, -0.2) is 9.78 Å². The minimum absolute atomic E-state index is 0.197. The zero-order valence-corrected chi connectivity index (χ0v) is 27.7. The van der Waals surface area contributed by atoms with Gasteiger partial charge in [-0.2, -0.15) is 8.93 Å². The smallest absolute Gasteiger partial charge is 0.337 e. The Morgan fingerprint density at radius 2 is 1.60 bits per heavy atom. The molecule has 0 fully saturated rings. The lowest BCUT2D eigenvalue weighted by Crippen LogP contribution is -2.42. The summed E-state index contributed by atoms with van der Waals surface area (Å²) in [7, 11) is 1.34. The molecule has 1 aromatic heterocycles. The van der Waals surface area contributed by atoms with Crippen LogP contribution in [-0.4, -0.2) is 38.9 Å². The largest absolute Gasteiger partial charge is 0.465 e. The molecule has 0 aliphatic heterocycles. The van der Waals surface area contributed by atoms with Gasteiger partial charge in [0, 0.05) is 29.2 Å². The average Bonchev–Trinajstić information content (AvgIpc) is 3.60. The van der Waals surface area contributed by atoms with Crippen LogP contribution < -0.4 is 8.91 Å². The fraction of sp³-hybridized carbons (Fsp3) is 0.216. The summed E-state index contributed by atoms with van der Waals surface area (Å²) in [6.45, 7) is 7.63. The first-order valence-electron chi connectivity index (χ1n) is 15.1. The van der Waals surface area contributed by atoms with Crippen LogP contribution in [0.25, 0.3) is 5.69 Å². The van der Waals surface area contributed by atoms with E-state index >= 15 is 0 Å². The van der Waals surface area contributed by atoms with Gasteiger partial charge in [0.25, 0.3) is 11.3 Å². The summed E-state index contributed by atoms with van der Waals surface area (Å²) in [6, 6.07) is 24.9. The van der Waals surface area contributed by atoms with E-state index in [1.54, 1.807) is 36.8 Å². The van der Waals surface area contributed by atoms with Gasteiger partial charge in [-0.05, 0) is 92.8 Å². The Kier molecular flexibility index (Phi) is 10.6. The SMILES string of the molecule is COC(=O)c1cc(C)c(C(OC(=O)C(Cc2ccccc2)NS(=O)Oc2ccc(C)cc2)c2cc(-n3ccnc3)ccc2C)c(C)c1. The van der Waals surface area contributed by atoms with Crippen molar-refractivity contribution in [3.05, 3.63) is 148 Å². The molecule has 5 aromatic rings. The van der Waals surface area contributed by atoms with Gasteiger partial charge >= 0.3 is 11.9 Å². The summed E-state index contributed by atoms with van der Waals surface area (Å²) in [5.41, 5.74) is 6.96. The first-order valence-corrected chi connectivity index (χ1v) is 16.2. The minimum atomic E-state index is -2.06. The number of benzene rings is 4. The number of imidazole rings is 1. The fourth-order valence-corrected chi connectivity index (χ4v) is 6.17. The molecule has 3 atom stereocenters. The molecule has 0 spiro atoms. The Balaban J connectivity index is 1.54. The second-order valence-electron chi connectivity index (χ2n) is 11.3. The van der Waals surface area contributed by atoms with Crippen LogP contribution >= 0.6 is 0 Å². The number of aryl methyl sites for hydroxylation is 4. The Morgan fingerprint density at radius 3 is 2.23 bits per heavy atom. The van der Waals surface area contributed by atoms with Gasteiger partial charge in [0.15, 0.2) is 6.10 Å². The van der Waals surface area contributed by atoms with Crippen LogP contribution in [-0.2, 0) is 32.0 Å². The number of hydrogen-bond donors (Lipinski definition) is 1. The summed E-state index contributed by atoms with van der Waals surface area (Å²) in [4.78, 5) is 30.8. The van der Waals surface area contributed by atoms with Crippen LogP contribution in [0.2, 0.25) is 0 Å². The van der Waals surface area contributed by atoms with Crippen molar-refractivity contribution < 1.29 is 27.5 Å². The van der Waals surface area contributed by atoms with Gasteiger partial charge in [0.05, 0.1) is 19.0 Å². The van der Waals surface area contributed by atoms with Crippen LogP contribution in [0.1, 0.15) is 55.4 Å². The molecule has 0 bridgehead atoms. The number of rotatable bonds is 12. The molecule has 10 heteroatoms. The van der Waals surface area contributed by atoms with E-state index in [9.17, 15) is 13.8 Å². The molecular weight excluding hydrogens is 614 g/mol. The molecule has 0 saturated heterocycles. The van der Waals surface area contributed by atoms with E-state index in [-0.39, 0.29) is 6.42 Å². The molecule has 242 valence electrons. The van der Waals surface area contributed by atoms with Crippen molar-refractivity contribution in [1.29, 1.82) is 0 Å². The van der Waals surface area contributed by atoms with Crippen molar-refractivity contribution in [2.45, 2.75) is 46.3 Å². The molecule has 0 radical (unpaired) electrons. The molecule has 0 aliphatic carbocycles.